The Morgan fingerprint density at radius 1 is 1.33 bits per heavy atom. The van der Waals surface area contributed by atoms with Crippen molar-refractivity contribution in [1.82, 2.24) is 0 Å². The summed E-state index contributed by atoms with van der Waals surface area (Å²) in [6.07, 6.45) is 1.90. The van der Waals surface area contributed by atoms with Gasteiger partial charge in [0.2, 0.25) is 0 Å². The summed E-state index contributed by atoms with van der Waals surface area (Å²) in [6.45, 7) is 0.868. The molecule has 1 saturated carbocycles. The molecule has 0 aromatic carbocycles. The number of aliphatic hydroxyl groups is 1. The molecule has 52 valence electrons. The maximum atomic E-state index is 9.56. The van der Waals surface area contributed by atoms with Crippen LogP contribution in [-0.4, -0.2) is 29.5 Å². The van der Waals surface area contributed by atoms with Crippen LogP contribution in [0.1, 0.15) is 12.8 Å². The van der Waals surface area contributed by atoms with Crippen LogP contribution in [0, 0.1) is 0 Å². The fourth-order valence-electron chi connectivity index (χ4n) is 1.18. The average Bonchev–Trinajstić information content (AvgIpc) is 2.43. The molecule has 0 atom stereocenters. The quantitative estimate of drug-likeness (QED) is 0.489. The Morgan fingerprint density at radius 3 is 2.00 bits per heavy atom. The summed E-state index contributed by atoms with van der Waals surface area (Å²) in [7, 11) is 0. The second kappa shape index (κ2) is 1.31. The molecule has 3 N–H and O–H groups in total. The van der Waals surface area contributed by atoms with E-state index >= 15 is 0 Å². The molecule has 2 rings (SSSR count). The first-order valence-corrected chi connectivity index (χ1v) is 3.25. The molecule has 0 aromatic rings. The highest BCUT2D eigenvalue weighted by molar-refractivity contribution is 5.16. The van der Waals surface area contributed by atoms with Gasteiger partial charge in [-0.15, -0.1) is 0 Å². The number of hydrogen-bond donors (Lipinski definition) is 2. The lowest BCUT2D eigenvalue weighted by molar-refractivity contribution is -0.195. The average molecular weight is 129 g/mol. The number of hydrogen-bond acceptors (Lipinski definition) is 3. The summed E-state index contributed by atoms with van der Waals surface area (Å²) in [5.74, 6) is 0. The summed E-state index contributed by atoms with van der Waals surface area (Å²) in [5, 5.41) is 9.56. The molecule has 1 saturated heterocycles. The molecule has 0 aromatic heterocycles. The summed E-state index contributed by atoms with van der Waals surface area (Å²) in [5.41, 5.74) is 4.80. The van der Waals surface area contributed by atoms with Gasteiger partial charge in [-0.3, -0.25) is 0 Å². The first kappa shape index (κ1) is 5.65. The molecule has 2 aliphatic rings. The standard InChI is InChI=1S/C6H11NO2/c7-5(1-2-5)6(8)3-9-4-6/h8H,1-4,7H2. The van der Waals surface area contributed by atoms with Crippen molar-refractivity contribution in [2.75, 3.05) is 13.2 Å². The lowest BCUT2D eigenvalue weighted by atomic mass is 9.90. The Kier molecular flexibility index (Phi) is 0.822. The highest BCUT2D eigenvalue weighted by atomic mass is 16.5. The van der Waals surface area contributed by atoms with Crippen molar-refractivity contribution < 1.29 is 9.84 Å². The van der Waals surface area contributed by atoms with E-state index in [0.717, 1.165) is 12.8 Å². The minimum atomic E-state index is -0.674. The molecule has 0 bridgehead atoms. The Bertz CT molecular complexity index is 138. The van der Waals surface area contributed by atoms with Gasteiger partial charge in [0, 0.05) is 5.54 Å². The van der Waals surface area contributed by atoms with Crippen LogP contribution in [0.2, 0.25) is 0 Å². The second-order valence-electron chi connectivity index (χ2n) is 3.18. The van der Waals surface area contributed by atoms with E-state index in [4.69, 9.17) is 10.5 Å². The van der Waals surface area contributed by atoms with Crippen LogP contribution in [0.4, 0.5) is 0 Å². The van der Waals surface area contributed by atoms with Crippen LogP contribution in [0.15, 0.2) is 0 Å². The molecule has 1 heterocycles. The molecule has 3 heteroatoms. The van der Waals surface area contributed by atoms with Gasteiger partial charge in [0.25, 0.3) is 0 Å². The van der Waals surface area contributed by atoms with Crippen molar-refractivity contribution in [1.29, 1.82) is 0 Å². The molecule has 1 aliphatic carbocycles. The maximum absolute atomic E-state index is 9.56. The van der Waals surface area contributed by atoms with Gasteiger partial charge in [-0.2, -0.15) is 0 Å². The predicted molar refractivity (Wildman–Crippen MR) is 31.9 cm³/mol. The smallest absolute Gasteiger partial charge is 0.129 e. The number of ether oxygens (including phenoxy) is 1. The monoisotopic (exact) mass is 129 g/mol. The zero-order valence-corrected chi connectivity index (χ0v) is 5.26. The van der Waals surface area contributed by atoms with Gasteiger partial charge in [0.15, 0.2) is 0 Å². The third kappa shape index (κ3) is 0.569. The normalized spacial score (nSPS) is 35.3. The molecule has 0 amide bonds. The van der Waals surface area contributed by atoms with Crippen molar-refractivity contribution in [2.24, 2.45) is 5.73 Å². The lowest BCUT2D eigenvalue weighted by Gasteiger charge is -2.41. The van der Waals surface area contributed by atoms with Crippen LogP contribution in [0.5, 0.6) is 0 Å². The molecule has 0 spiro atoms. The van der Waals surface area contributed by atoms with Gasteiger partial charge >= 0.3 is 0 Å². The van der Waals surface area contributed by atoms with Gasteiger partial charge < -0.3 is 15.6 Å². The molecular formula is C6H11NO2. The van der Waals surface area contributed by atoms with Crippen LogP contribution >= 0.6 is 0 Å². The summed E-state index contributed by atoms with van der Waals surface area (Å²) >= 11 is 0. The minimum Gasteiger partial charge on any atom is -0.383 e. The molecule has 1 aliphatic heterocycles. The van der Waals surface area contributed by atoms with E-state index in [0.29, 0.717) is 13.2 Å². The zero-order valence-electron chi connectivity index (χ0n) is 5.26. The van der Waals surface area contributed by atoms with Crippen molar-refractivity contribution in [2.45, 2.75) is 24.0 Å². The molecule has 9 heavy (non-hydrogen) atoms. The topological polar surface area (TPSA) is 55.5 Å². The Morgan fingerprint density at radius 2 is 1.89 bits per heavy atom. The molecule has 2 fully saturated rings. The van der Waals surface area contributed by atoms with E-state index in [2.05, 4.69) is 0 Å². The highest BCUT2D eigenvalue weighted by Gasteiger charge is 2.59. The minimum absolute atomic E-state index is 0.286. The van der Waals surface area contributed by atoms with Crippen LogP contribution in [0.3, 0.4) is 0 Å². The van der Waals surface area contributed by atoms with E-state index in [-0.39, 0.29) is 5.54 Å². The SMILES string of the molecule is NC1(C2(O)COC2)CC1. The van der Waals surface area contributed by atoms with Gasteiger partial charge in [-0.05, 0) is 12.8 Å². The predicted octanol–water partition coefficient (Wildman–Crippen LogP) is -0.761. The first-order valence-electron chi connectivity index (χ1n) is 3.25. The van der Waals surface area contributed by atoms with E-state index in [1.807, 2.05) is 0 Å². The Labute approximate surface area is 53.8 Å². The van der Waals surface area contributed by atoms with Crippen molar-refractivity contribution >= 4 is 0 Å². The van der Waals surface area contributed by atoms with E-state index in [9.17, 15) is 5.11 Å². The Hall–Kier alpha value is -0.120. The van der Waals surface area contributed by atoms with Crippen LogP contribution in [-0.2, 0) is 4.74 Å². The summed E-state index contributed by atoms with van der Waals surface area (Å²) < 4.78 is 4.87. The number of nitrogens with two attached hydrogens (primary N) is 1. The molecule has 0 unspecified atom stereocenters. The van der Waals surface area contributed by atoms with Gasteiger partial charge in [-0.25, -0.2) is 0 Å². The fourth-order valence-corrected chi connectivity index (χ4v) is 1.18. The van der Waals surface area contributed by atoms with Crippen molar-refractivity contribution in [3.8, 4) is 0 Å². The molecule has 0 radical (unpaired) electrons. The van der Waals surface area contributed by atoms with E-state index < -0.39 is 5.60 Å². The first-order chi connectivity index (χ1) is 4.16. The molecular weight excluding hydrogens is 118 g/mol. The lowest BCUT2D eigenvalue weighted by Crippen LogP contribution is -2.63. The third-order valence-corrected chi connectivity index (χ3v) is 2.40. The largest absolute Gasteiger partial charge is 0.383 e. The van der Waals surface area contributed by atoms with E-state index in [1.54, 1.807) is 0 Å². The molecule has 3 nitrogen and oxygen atoms in total. The second-order valence-corrected chi connectivity index (χ2v) is 3.18. The van der Waals surface area contributed by atoms with Crippen LogP contribution < -0.4 is 5.73 Å². The third-order valence-electron chi connectivity index (χ3n) is 2.40. The Balaban J connectivity index is 2.11. The van der Waals surface area contributed by atoms with Crippen molar-refractivity contribution in [3.63, 3.8) is 0 Å². The zero-order chi connectivity index (χ0) is 6.54. The van der Waals surface area contributed by atoms with E-state index in [1.165, 1.54) is 0 Å². The van der Waals surface area contributed by atoms with Gasteiger partial charge in [-0.1, -0.05) is 0 Å². The van der Waals surface area contributed by atoms with Gasteiger partial charge in [0.1, 0.15) is 5.60 Å². The maximum Gasteiger partial charge on any atom is 0.129 e. The summed E-state index contributed by atoms with van der Waals surface area (Å²) in [4.78, 5) is 0. The van der Waals surface area contributed by atoms with Crippen LogP contribution in [0.25, 0.3) is 0 Å². The van der Waals surface area contributed by atoms with Crippen molar-refractivity contribution in [3.05, 3.63) is 0 Å². The number of rotatable bonds is 1. The highest BCUT2D eigenvalue weighted by Crippen LogP contribution is 2.45. The fraction of sp³-hybridized carbons (Fsp3) is 1.00. The van der Waals surface area contributed by atoms with Gasteiger partial charge in [0.05, 0.1) is 13.2 Å². The summed E-state index contributed by atoms with van der Waals surface area (Å²) in [6, 6.07) is 0.